The molecule has 1 aromatic rings. The van der Waals surface area contributed by atoms with Crippen molar-refractivity contribution in [1.82, 2.24) is 4.90 Å². The summed E-state index contributed by atoms with van der Waals surface area (Å²) in [4.78, 5) is 13.1. The molecule has 0 unspecified atom stereocenters. The molecule has 0 spiro atoms. The van der Waals surface area contributed by atoms with E-state index in [2.05, 4.69) is 15.9 Å². The first-order valence-corrected chi connectivity index (χ1v) is 6.88. The molecule has 1 saturated heterocycles. The van der Waals surface area contributed by atoms with Gasteiger partial charge < -0.3 is 15.1 Å². The Kier molecular flexibility index (Phi) is 4.15. The molecule has 4 nitrogen and oxygen atoms in total. The van der Waals surface area contributed by atoms with Crippen LogP contribution in [0.25, 0.3) is 0 Å². The number of hydrogen-bond donors (Lipinski definition) is 1. The minimum Gasteiger partial charge on any atom is -0.444 e. The van der Waals surface area contributed by atoms with Gasteiger partial charge in [0.25, 0.3) is 5.91 Å². The number of piperidine rings is 1. The summed E-state index contributed by atoms with van der Waals surface area (Å²) in [5.41, 5.74) is 6.18. The Hall–Kier alpha value is -1.02. The molecule has 0 aromatic carbocycles. The van der Waals surface area contributed by atoms with Crippen LogP contribution in [0.15, 0.2) is 15.2 Å². The van der Waals surface area contributed by atoms with Crippen molar-refractivity contribution in [2.24, 2.45) is 5.73 Å². The van der Waals surface area contributed by atoms with Crippen LogP contribution >= 0.6 is 15.9 Å². The first-order valence-electron chi connectivity index (χ1n) is 6.09. The van der Waals surface area contributed by atoms with E-state index in [0.29, 0.717) is 10.2 Å². The van der Waals surface area contributed by atoms with Crippen molar-refractivity contribution >= 4 is 21.8 Å². The van der Waals surface area contributed by atoms with Crippen LogP contribution in [0, 0.1) is 6.92 Å². The fourth-order valence-electron chi connectivity index (χ4n) is 2.35. The van der Waals surface area contributed by atoms with Crippen LogP contribution in [0.5, 0.6) is 0 Å². The third-order valence-electron chi connectivity index (χ3n) is 3.34. The summed E-state index contributed by atoms with van der Waals surface area (Å²) in [5.74, 6) is -0.856. The fraction of sp³-hybridized carbons (Fsp3) is 0.583. The first kappa shape index (κ1) is 15.4. The van der Waals surface area contributed by atoms with Gasteiger partial charge in [-0.2, -0.15) is 13.2 Å². The van der Waals surface area contributed by atoms with Gasteiger partial charge in [-0.15, -0.1) is 0 Å². The van der Waals surface area contributed by atoms with Crippen molar-refractivity contribution in [3.63, 3.8) is 0 Å². The van der Waals surface area contributed by atoms with E-state index < -0.39 is 24.2 Å². The minimum absolute atomic E-state index is 0.0831. The minimum atomic E-state index is -4.46. The number of amides is 1. The van der Waals surface area contributed by atoms with Crippen LogP contribution in [0.3, 0.4) is 0 Å². The Balaban J connectivity index is 2.31. The second-order valence-electron chi connectivity index (χ2n) is 4.92. The van der Waals surface area contributed by atoms with Crippen molar-refractivity contribution in [1.29, 1.82) is 0 Å². The molecule has 112 valence electrons. The summed E-state index contributed by atoms with van der Waals surface area (Å²) in [5, 5.41) is 0. The molecule has 1 aliphatic rings. The van der Waals surface area contributed by atoms with Crippen LogP contribution in [0.1, 0.15) is 29.0 Å². The van der Waals surface area contributed by atoms with Gasteiger partial charge in [-0.3, -0.25) is 4.79 Å². The van der Waals surface area contributed by atoms with E-state index >= 15 is 0 Å². The van der Waals surface area contributed by atoms with Gasteiger partial charge in [0.15, 0.2) is 10.4 Å². The summed E-state index contributed by atoms with van der Waals surface area (Å²) < 4.78 is 44.5. The highest BCUT2D eigenvalue weighted by Gasteiger charge is 2.48. The normalized spacial score (nSPS) is 24.0. The lowest BCUT2D eigenvalue weighted by atomic mass is 9.97. The van der Waals surface area contributed by atoms with Crippen molar-refractivity contribution in [2.75, 3.05) is 6.54 Å². The van der Waals surface area contributed by atoms with Gasteiger partial charge in [-0.1, -0.05) is 0 Å². The van der Waals surface area contributed by atoms with Crippen LogP contribution in [-0.4, -0.2) is 35.6 Å². The SMILES string of the molecule is Cc1cc(Br)oc1C(=O)N1C[C@@H](N)CC[C@H]1C(F)(F)F. The molecule has 0 aliphatic carbocycles. The Morgan fingerprint density at radius 3 is 2.65 bits per heavy atom. The largest absolute Gasteiger partial charge is 0.444 e. The Morgan fingerprint density at radius 1 is 1.50 bits per heavy atom. The number of likely N-dealkylation sites (tertiary alicyclic amines) is 1. The van der Waals surface area contributed by atoms with Gasteiger partial charge in [-0.05, 0) is 41.8 Å². The Labute approximate surface area is 122 Å². The zero-order valence-electron chi connectivity index (χ0n) is 10.7. The van der Waals surface area contributed by atoms with Crippen molar-refractivity contribution < 1.29 is 22.4 Å². The van der Waals surface area contributed by atoms with E-state index in [0.717, 1.165) is 4.90 Å². The lowest BCUT2D eigenvalue weighted by Crippen LogP contribution is -2.56. The maximum Gasteiger partial charge on any atom is 0.408 e. The van der Waals surface area contributed by atoms with E-state index in [1.807, 2.05) is 0 Å². The van der Waals surface area contributed by atoms with Crippen LogP contribution in [0.4, 0.5) is 13.2 Å². The summed E-state index contributed by atoms with van der Waals surface area (Å²) in [6, 6.07) is -0.714. The Morgan fingerprint density at radius 2 is 2.15 bits per heavy atom. The number of halogens is 4. The molecule has 0 radical (unpaired) electrons. The number of furan rings is 1. The van der Waals surface area contributed by atoms with Crippen LogP contribution in [0.2, 0.25) is 0 Å². The third-order valence-corrected chi connectivity index (χ3v) is 3.73. The molecule has 2 N–H and O–H groups in total. The number of carbonyl (C=O) groups is 1. The van der Waals surface area contributed by atoms with Gasteiger partial charge in [-0.25, -0.2) is 0 Å². The summed E-state index contributed by atoms with van der Waals surface area (Å²) in [6.07, 6.45) is -4.40. The van der Waals surface area contributed by atoms with Gasteiger partial charge in [0.05, 0.1) is 0 Å². The highest BCUT2D eigenvalue weighted by molar-refractivity contribution is 9.10. The molecule has 2 rings (SSSR count). The summed E-state index contributed by atoms with van der Waals surface area (Å²) in [6.45, 7) is 1.48. The molecule has 2 heterocycles. The van der Waals surface area contributed by atoms with E-state index in [1.54, 1.807) is 13.0 Å². The molecule has 8 heteroatoms. The molecule has 1 amide bonds. The standard InChI is InChI=1S/C12H14BrF3N2O2/c1-6-4-9(13)20-10(6)11(19)18-5-7(17)2-3-8(18)12(14,15)16/h4,7-8H,2-3,5,17H2,1H3/t7-,8-/m0/s1. The molecule has 20 heavy (non-hydrogen) atoms. The predicted molar refractivity (Wildman–Crippen MR) is 69.2 cm³/mol. The summed E-state index contributed by atoms with van der Waals surface area (Å²) in [7, 11) is 0. The summed E-state index contributed by atoms with van der Waals surface area (Å²) >= 11 is 3.06. The Bertz CT molecular complexity index is 515. The van der Waals surface area contributed by atoms with Crippen LogP contribution < -0.4 is 5.73 Å². The van der Waals surface area contributed by atoms with Gasteiger partial charge in [0.2, 0.25) is 0 Å². The van der Waals surface area contributed by atoms with Crippen molar-refractivity contribution in [2.45, 2.75) is 38.0 Å². The highest BCUT2D eigenvalue weighted by atomic mass is 79.9. The smallest absolute Gasteiger partial charge is 0.408 e. The van der Waals surface area contributed by atoms with E-state index in [-0.39, 0.29) is 25.1 Å². The fourth-order valence-corrected chi connectivity index (χ4v) is 2.86. The van der Waals surface area contributed by atoms with E-state index in [4.69, 9.17) is 10.2 Å². The quantitative estimate of drug-likeness (QED) is 0.843. The number of carbonyl (C=O) groups excluding carboxylic acids is 1. The van der Waals surface area contributed by atoms with Gasteiger partial charge in [0.1, 0.15) is 6.04 Å². The molecule has 0 saturated carbocycles. The van der Waals surface area contributed by atoms with Gasteiger partial charge >= 0.3 is 6.18 Å². The van der Waals surface area contributed by atoms with Crippen LogP contribution in [-0.2, 0) is 0 Å². The number of nitrogens with zero attached hydrogens (tertiary/aromatic N) is 1. The zero-order valence-corrected chi connectivity index (χ0v) is 12.3. The molecule has 1 fully saturated rings. The lowest BCUT2D eigenvalue weighted by Gasteiger charge is -2.38. The van der Waals surface area contributed by atoms with Crippen molar-refractivity contribution in [3.8, 4) is 0 Å². The lowest BCUT2D eigenvalue weighted by molar-refractivity contribution is -0.184. The number of rotatable bonds is 1. The van der Waals surface area contributed by atoms with E-state index in [1.165, 1.54) is 0 Å². The number of nitrogens with two attached hydrogens (primary N) is 1. The molecule has 1 aliphatic heterocycles. The highest BCUT2D eigenvalue weighted by Crippen LogP contribution is 2.33. The monoisotopic (exact) mass is 354 g/mol. The molecular formula is C12H14BrF3N2O2. The first-order chi connectivity index (χ1) is 9.20. The molecular weight excluding hydrogens is 341 g/mol. The zero-order chi connectivity index (χ0) is 15.1. The average Bonchev–Trinajstić information content (AvgIpc) is 2.65. The maximum atomic E-state index is 13.0. The second-order valence-corrected chi connectivity index (χ2v) is 5.70. The second kappa shape index (κ2) is 5.40. The molecule has 2 atom stereocenters. The van der Waals surface area contributed by atoms with Gasteiger partial charge in [0, 0.05) is 18.2 Å². The molecule has 0 bridgehead atoms. The van der Waals surface area contributed by atoms with Crippen molar-refractivity contribution in [3.05, 3.63) is 22.1 Å². The molecule has 1 aromatic heterocycles. The number of hydrogen-bond acceptors (Lipinski definition) is 3. The maximum absolute atomic E-state index is 13.0. The third kappa shape index (κ3) is 3.01. The van der Waals surface area contributed by atoms with E-state index in [9.17, 15) is 18.0 Å². The number of aryl methyl sites for hydroxylation is 1. The topological polar surface area (TPSA) is 59.5 Å². The predicted octanol–water partition coefficient (Wildman–Crippen LogP) is 2.84. The average molecular weight is 355 g/mol. The number of alkyl halides is 3.